The molecule has 31 heavy (non-hydrogen) atoms. The van der Waals surface area contributed by atoms with Crippen molar-refractivity contribution in [1.82, 2.24) is 9.71 Å². The first kappa shape index (κ1) is 21.5. The first-order chi connectivity index (χ1) is 14.8. The molecule has 8 heteroatoms. The summed E-state index contributed by atoms with van der Waals surface area (Å²) in [6.45, 7) is 5.73. The standard InChI is InChI=1S/C23H30N4O3S/c1-4-31(29,30)26-18-9-10-22(25-17-7-5-15(2)6-8-17)21(14-18)20-13-16(3)27(28)23-19(20)11-12-24-23/h9-15,17,25-26,28H,4-8H2,1-3H3. The molecule has 3 N–H and O–H groups in total. The van der Waals surface area contributed by atoms with E-state index in [-0.39, 0.29) is 5.75 Å². The lowest BCUT2D eigenvalue weighted by atomic mass is 9.87. The Bertz CT molecular complexity index is 1150. The van der Waals surface area contributed by atoms with Crippen molar-refractivity contribution in [3.8, 4) is 22.5 Å². The third-order valence-corrected chi connectivity index (χ3v) is 7.50. The summed E-state index contributed by atoms with van der Waals surface area (Å²) in [7, 11) is -3.39. The Kier molecular flexibility index (Phi) is 5.83. The second-order valence-electron chi connectivity index (χ2n) is 8.56. The maximum absolute atomic E-state index is 12.1. The Morgan fingerprint density at radius 1 is 1.10 bits per heavy atom. The maximum atomic E-state index is 12.1. The number of pyridine rings is 1. The Morgan fingerprint density at radius 3 is 2.55 bits per heavy atom. The summed E-state index contributed by atoms with van der Waals surface area (Å²) >= 11 is 0. The van der Waals surface area contributed by atoms with Crippen molar-refractivity contribution in [2.75, 3.05) is 15.8 Å². The largest absolute Gasteiger partial charge is 0.427 e. The molecule has 1 aromatic rings. The summed E-state index contributed by atoms with van der Waals surface area (Å²) < 4.78 is 28.0. The van der Waals surface area contributed by atoms with Gasteiger partial charge in [0.2, 0.25) is 10.0 Å². The molecule has 0 atom stereocenters. The molecule has 2 heterocycles. The van der Waals surface area contributed by atoms with Gasteiger partial charge in [0.05, 0.1) is 11.4 Å². The second-order valence-corrected chi connectivity index (χ2v) is 10.6. The first-order valence-corrected chi connectivity index (χ1v) is 12.5. The van der Waals surface area contributed by atoms with E-state index >= 15 is 0 Å². The molecule has 1 fully saturated rings. The number of fused-ring (bicyclic) bond motifs is 1. The normalized spacial score (nSPS) is 19.5. The SMILES string of the molecule is CCS(=O)(=O)Nc1ccc(NC2CCC(C)CC2)c(-c2cc(C)n(O)c3nccc2-3)c1. The molecular formula is C23H30N4O3S. The minimum absolute atomic E-state index is 0.00850. The van der Waals surface area contributed by atoms with Crippen LogP contribution in [0.2, 0.25) is 0 Å². The Morgan fingerprint density at radius 2 is 1.84 bits per heavy atom. The lowest BCUT2D eigenvalue weighted by molar-refractivity contribution is 0.180. The highest BCUT2D eigenvalue weighted by Crippen LogP contribution is 2.40. The lowest BCUT2D eigenvalue weighted by Crippen LogP contribution is -2.25. The summed E-state index contributed by atoms with van der Waals surface area (Å²) in [6, 6.07) is 9.76. The van der Waals surface area contributed by atoms with Gasteiger partial charge < -0.3 is 10.5 Å². The van der Waals surface area contributed by atoms with E-state index in [9.17, 15) is 13.6 Å². The van der Waals surface area contributed by atoms with Crippen molar-refractivity contribution in [2.24, 2.45) is 5.92 Å². The fourth-order valence-corrected chi connectivity index (χ4v) is 4.91. The van der Waals surface area contributed by atoms with E-state index in [0.717, 1.165) is 45.9 Å². The number of sulfonamides is 1. The van der Waals surface area contributed by atoms with Gasteiger partial charge in [0.1, 0.15) is 0 Å². The van der Waals surface area contributed by atoms with E-state index in [1.165, 1.54) is 12.8 Å². The van der Waals surface area contributed by atoms with Crippen LogP contribution in [-0.4, -0.2) is 35.1 Å². The molecule has 0 bridgehead atoms. The van der Waals surface area contributed by atoms with Crippen LogP contribution in [0.15, 0.2) is 36.5 Å². The highest BCUT2D eigenvalue weighted by Gasteiger charge is 2.23. The number of aromatic nitrogens is 2. The van der Waals surface area contributed by atoms with Crippen LogP contribution in [0.1, 0.15) is 45.2 Å². The number of hydrogen-bond donors (Lipinski definition) is 3. The second kappa shape index (κ2) is 8.42. The predicted molar refractivity (Wildman–Crippen MR) is 124 cm³/mol. The van der Waals surface area contributed by atoms with Crippen LogP contribution < -0.4 is 10.0 Å². The number of aryl methyl sites for hydroxylation is 1. The van der Waals surface area contributed by atoms with E-state index in [1.807, 2.05) is 31.2 Å². The molecule has 1 aliphatic carbocycles. The van der Waals surface area contributed by atoms with E-state index in [2.05, 4.69) is 21.9 Å². The van der Waals surface area contributed by atoms with E-state index in [0.29, 0.717) is 23.2 Å². The number of nitrogens with zero attached hydrogens (tertiary/aromatic N) is 2. The topological polar surface area (TPSA) is 96.2 Å². The Hall–Kier alpha value is -2.74. The minimum Gasteiger partial charge on any atom is -0.427 e. The van der Waals surface area contributed by atoms with Crippen molar-refractivity contribution in [2.45, 2.75) is 52.5 Å². The zero-order valence-electron chi connectivity index (χ0n) is 18.2. The van der Waals surface area contributed by atoms with Crippen molar-refractivity contribution >= 4 is 21.4 Å². The van der Waals surface area contributed by atoms with Crippen molar-refractivity contribution in [3.63, 3.8) is 0 Å². The first-order valence-electron chi connectivity index (χ1n) is 10.8. The quantitative estimate of drug-likeness (QED) is 0.469. The Labute approximate surface area is 183 Å². The molecule has 0 amide bonds. The van der Waals surface area contributed by atoms with Gasteiger partial charge in [0, 0.05) is 34.7 Å². The van der Waals surface area contributed by atoms with Crippen LogP contribution in [0.5, 0.6) is 0 Å². The van der Waals surface area contributed by atoms with Crippen LogP contribution in [0.3, 0.4) is 0 Å². The van der Waals surface area contributed by atoms with Crippen LogP contribution in [0.4, 0.5) is 11.4 Å². The Balaban J connectivity index is 1.80. The van der Waals surface area contributed by atoms with Gasteiger partial charge >= 0.3 is 0 Å². The van der Waals surface area contributed by atoms with Gasteiger partial charge in [-0.1, -0.05) is 6.92 Å². The number of hydrogen-bond acceptors (Lipinski definition) is 5. The van der Waals surface area contributed by atoms with Gasteiger partial charge in [0.15, 0.2) is 5.82 Å². The zero-order valence-corrected chi connectivity index (χ0v) is 19.0. The molecule has 0 aromatic heterocycles. The molecule has 1 saturated carbocycles. The van der Waals surface area contributed by atoms with Gasteiger partial charge in [0.25, 0.3) is 0 Å². The van der Waals surface area contributed by atoms with Crippen molar-refractivity contribution < 1.29 is 13.6 Å². The molecule has 1 aromatic carbocycles. The van der Waals surface area contributed by atoms with Gasteiger partial charge in [-0.05, 0) is 81.3 Å². The van der Waals surface area contributed by atoms with Crippen molar-refractivity contribution in [3.05, 3.63) is 42.2 Å². The monoisotopic (exact) mass is 442 g/mol. The van der Waals surface area contributed by atoms with Gasteiger partial charge in [-0.15, -0.1) is 0 Å². The molecule has 0 radical (unpaired) electrons. The predicted octanol–water partition coefficient (Wildman–Crippen LogP) is 4.95. The number of benzene rings is 1. The van der Waals surface area contributed by atoms with E-state index in [4.69, 9.17) is 0 Å². The third-order valence-electron chi connectivity index (χ3n) is 6.20. The summed E-state index contributed by atoms with van der Waals surface area (Å²) in [5.41, 5.74) is 4.72. The molecule has 0 spiro atoms. The molecule has 0 unspecified atom stereocenters. The summed E-state index contributed by atoms with van der Waals surface area (Å²) in [5.74, 6) is 1.25. The molecule has 2 aliphatic heterocycles. The smallest absolute Gasteiger partial charge is 0.232 e. The van der Waals surface area contributed by atoms with E-state index < -0.39 is 10.0 Å². The number of rotatable bonds is 6. The molecule has 0 saturated heterocycles. The van der Waals surface area contributed by atoms with E-state index in [1.54, 1.807) is 19.2 Å². The number of nitrogens with one attached hydrogen (secondary N) is 2. The number of anilines is 2. The van der Waals surface area contributed by atoms with Crippen LogP contribution >= 0.6 is 0 Å². The average Bonchev–Trinajstić information content (AvgIpc) is 3.23. The highest BCUT2D eigenvalue weighted by molar-refractivity contribution is 7.92. The van der Waals surface area contributed by atoms with Crippen LogP contribution in [0, 0.1) is 12.8 Å². The van der Waals surface area contributed by atoms with Gasteiger partial charge in [-0.25, -0.2) is 13.4 Å². The minimum atomic E-state index is -3.39. The average molecular weight is 443 g/mol. The summed E-state index contributed by atoms with van der Waals surface area (Å²) in [6.07, 6.45) is 6.30. The lowest BCUT2D eigenvalue weighted by Gasteiger charge is -2.29. The fourth-order valence-electron chi connectivity index (χ4n) is 4.28. The maximum Gasteiger partial charge on any atom is 0.232 e. The summed E-state index contributed by atoms with van der Waals surface area (Å²) in [5, 5.41) is 14.1. The molecule has 166 valence electrons. The van der Waals surface area contributed by atoms with Crippen LogP contribution in [-0.2, 0) is 10.0 Å². The van der Waals surface area contributed by atoms with Gasteiger partial charge in [-0.2, -0.15) is 4.73 Å². The zero-order chi connectivity index (χ0) is 22.2. The van der Waals surface area contributed by atoms with Gasteiger partial charge in [-0.3, -0.25) is 4.72 Å². The van der Waals surface area contributed by atoms with Crippen molar-refractivity contribution in [1.29, 1.82) is 0 Å². The fraction of sp³-hybridized carbons (Fsp3) is 0.435. The molecular weight excluding hydrogens is 412 g/mol. The molecule has 3 aliphatic rings. The molecule has 4 rings (SSSR count). The summed E-state index contributed by atoms with van der Waals surface area (Å²) in [4.78, 5) is 4.30. The molecule has 7 nitrogen and oxygen atoms in total. The van der Waals surface area contributed by atoms with Crippen LogP contribution in [0.25, 0.3) is 22.5 Å². The third kappa shape index (κ3) is 4.49. The highest BCUT2D eigenvalue weighted by atomic mass is 32.2.